The van der Waals surface area contributed by atoms with Crippen LogP contribution in [0.25, 0.3) is 0 Å². The summed E-state index contributed by atoms with van der Waals surface area (Å²) >= 11 is 6.86. The Morgan fingerprint density at radius 3 is 1.41 bits per heavy atom. The Balaban J connectivity index is 1.35. The Morgan fingerprint density at radius 2 is 1.02 bits per heavy atom. The van der Waals surface area contributed by atoms with Crippen LogP contribution in [0.5, 0.6) is 0 Å². The number of hydrogen-bond acceptors (Lipinski definition) is 9. The normalized spacial score (nSPS) is 33.9. The fourth-order valence-corrected chi connectivity index (χ4v) is 11.4. The quantitative estimate of drug-likeness (QED) is 0.238. The topological polar surface area (TPSA) is 70.1 Å². The number of hydroxylamine groups is 4. The zero-order valence-electron chi connectivity index (χ0n) is 31.7. The maximum Gasteiger partial charge on any atom is 0.231 e. The van der Waals surface area contributed by atoms with Crippen molar-refractivity contribution in [3.8, 4) is 0 Å². The van der Waals surface area contributed by atoms with E-state index in [1.807, 2.05) is 0 Å². The van der Waals surface area contributed by atoms with Crippen molar-refractivity contribution < 1.29 is 9.68 Å². The second-order valence-electron chi connectivity index (χ2n) is 18.2. The molecule has 49 heavy (non-hydrogen) atoms. The van der Waals surface area contributed by atoms with Gasteiger partial charge < -0.3 is 9.80 Å². The molecular formula is C39H66ClN7O2. The van der Waals surface area contributed by atoms with Crippen molar-refractivity contribution in [3.63, 3.8) is 0 Å². The van der Waals surface area contributed by atoms with Crippen molar-refractivity contribution in [1.29, 1.82) is 0 Å². The van der Waals surface area contributed by atoms with E-state index >= 15 is 0 Å². The van der Waals surface area contributed by atoms with Crippen LogP contribution >= 0.6 is 11.6 Å². The molecule has 4 aliphatic heterocycles. The molecule has 1 aromatic heterocycles. The fraction of sp³-hybridized carbons (Fsp3) is 0.923. The molecule has 0 radical (unpaired) electrons. The molecule has 2 saturated heterocycles. The Hall–Kier alpha value is -1.26. The smallest absolute Gasteiger partial charge is 0.231 e. The van der Waals surface area contributed by atoms with E-state index in [1.54, 1.807) is 0 Å². The summed E-state index contributed by atoms with van der Waals surface area (Å²) in [5.74, 6) is 1.51. The number of aromatic nitrogens is 3. The van der Waals surface area contributed by atoms with Gasteiger partial charge in [0.2, 0.25) is 17.2 Å². The molecule has 0 aromatic carbocycles. The lowest BCUT2D eigenvalue weighted by atomic mass is 9.53. The molecule has 2 atom stereocenters. The average Bonchev–Trinajstić information content (AvgIpc) is 3.04. The minimum absolute atomic E-state index is 0.0897. The van der Waals surface area contributed by atoms with Gasteiger partial charge in [0.25, 0.3) is 0 Å². The zero-order chi connectivity index (χ0) is 34.4. The van der Waals surface area contributed by atoms with Gasteiger partial charge in [-0.05, 0) is 116 Å². The van der Waals surface area contributed by atoms with E-state index in [-0.39, 0.29) is 34.2 Å². The van der Waals surface area contributed by atoms with Crippen LogP contribution in [0.2, 0.25) is 5.28 Å². The first-order valence-corrected chi connectivity index (χ1v) is 20.7. The maximum absolute atomic E-state index is 7.31. The molecule has 276 valence electrons. The Bertz CT molecular complexity index is 1190. The molecule has 8 rings (SSSR count). The van der Waals surface area contributed by atoms with Crippen LogP contribution in [-0.4, -0.2) is 84.6 Å². The molecule has 0 amide bonds. The molecule has 3 saturated carbocycles. The summed E-state index contributed by atoms with van der Waals surface area (Å²) in [7, 11) is 0. The van der Waals surface area contributed by atoms with Crippen molar-refractivity contribution >= 4 is 23.5 Å². The number of halogens is 1. The van der Waals surface area contributed by atoms with Crippen LogP contribution < -0.4 is 9.80 Å². The van der Waals surface area contributed by atoms with Crippen LogP contribution in [0.4, 0.5) is 11.9 Å². The van der Waals surface area contributed by atoms with Gasteiger partial charge >= 0.3 is 0 Å². The lowest BCUT2D eigenvalue weighted by Crippen LogP contribution is -2.81. The number of rotatable bonds is 10. The van der Waals surface area contributed by atoms with Gasteiger partial charge in [0.15, 0.2) is 0 Å². The molecule has 9 nitrogen and oxygen atoms in total. The van der Waals surface area contributed by atoms with E-state index < -0.39 is 0 Å². The third-order valence-electron chi connectivity index (χ3n) is 13.1. The highest BCUT2D eigenvalue weighted by molar-refractivity contribution is 6.28. The van der Waals surface area contributed by atoms with E-state index in [1.165, 1.54) is 64.2 Å². The summed E-state index contributed by atoms with van der Waals surface area (Å²) in [4.78, 5) is 34.7. The minimum Gasteiger partial charge on any atom is -0.338 e. The first kappa shape index (κ1) is 36.1. The number of piperidine rings is 2. The molecule has 5 fully saturated rings. The first-order valence-electron chi connectivity index (χ1n) is 20.4. The van der Waals surface area contributed by atoms with Gasteiger partial charge in [-0.2, -0.15) is 25.1 Å². The Morgan fingerprint density at radius 1 is 0.612 bits per heavy atom. The standard InChI is InChI=1S/C39H66ClN7O2/c1-7-9-21-44-29-23-36(3,4)46(48-31-17-13-11-14-18-31)38(25-29)27-39(28-38)26-30(24-37(5,6)47(39)49-32-19-15-12-16-20-32)45(22-10-8-2)35-42-33(40)41-34(44)43-35/h29-32H,7-28H2,1-6H3. The van der Waals surface area contributed by atoms with Gasteiger partial charge in [-0.15, -0.1) is 0 Å². The summed E-state index contributed by atoms with van der Waals surface area (Å²) < 4.78 is 0. The van der Waals surface area contributed by atoms with Crippen molar-refractivity contribution in [2.45, 2.75) is 216 Å². The minimum atomic E-state index is -0.151. The van der Waals surface area contributed by atoms with Crippen molar-refractivity contribution in [2.75, 3.05) is 22.9 Å². The molecule has 5 heterocycles. The Kier molecular flexibility index (Phi) is 10.5. The van der Waals surface area contributed by atoms with E-state index in [2.05, 4.69) is 61.5 Å². The molecule has 1 aromatic rings. The van der Waals surface area contributed by atoms with Gasteiger partial charge in [0.05, 0.1) is 23.3 Å². The SMILES string of the molecule is CCCCN1c2nc(Cl)nc(n2)N(CCCC)C2CC(C)(C)N(OC3CCCCC3)C3(C2)CC2(CC1CC(C)(C)N2OC1CCCCC1)C3. The monoisotopic (exact) mass is 699 g/mol. The van der Waals surface area contributed by atoms with Crippen LogP contribution in [0.15, 0.2) is 0 Å². The first-order chi connectivity index (χ1) is 23.5. The summed E-state index contributed by atoms with van der Waals surface area (Å²) in [5.41, 5.74) is -0.481. The van der Waals surface area contributed by atoms with Gasteiger partial charge in [-0.1, -0.05) is 65.2 Å². The molecule has 6 bridgehead atoms. The van der Waals surface area contributed by atoms with Crippen molar-refractivity contribution in [1.82, 2.24) is 25.1 Å². The van der Waals surface area contributed by atoms with Gasteiger partial charge in [-0.3, -0.25) is 9.68 Å². The van der Waals surface area contributed by atoms with E-state index in [9.17, 15) is 0 Å². The third kappa shape index (κ3) is 7.11. The largest absolute Gasteiger partial charge is 0.338 e. The van der Waals surface area contributed by atoms with Gasteiger partial charge in [0.1, 0.15) is 0 Å². The van der Waals surface area contributed by atoms with E-state index in [0.29, 0.717) is 17.5 Å². The highest BCUT2D eigenvalue weighted by Crippen LogP contribution is 2.62. The maximum atomic E-state index is 7.31. The molecule has 3 aliphatic carbocycles. The lowest BCUT2D eigenvalue weighted by molar-refractivity contribution is -0.394. The molecule has 0 N–H and O–H groups in total. The highest BCUT2D eigenvalue weighted by atomic mass is 35.5. The van der Waals surface area contributed by atoms with Crippen LogP contribution in [-0.2, 0) is 9.68 Å². The van der Waals surface area contributed by atoms with Crippen LogP contribution in [0.1, 0.15) is 170 Å². The molecular weight excluding hydrogens is 634 g/mol. The number of unbranched alkanes of at least 4 members (excludes halogenated alkanes) is 2. The summed E-state index contributed by atoms with van der Waals surface area (Å²) in [6.45, 7) is 16.1. The van der Waals surface area contributed by atoms with Gasteiger partial charge in [-0.25, -0.2) is 0 Å². The second kappa shape index (κ2) is 14.3. The average molecular weight is 700 g/mol. The van der Waals surface area contributed by atoms with Crippen molar-refractivity contribution in [2.24, 2.45) is 0 Å². The van der Waals surface area contributed by atoms with Crippen molar-refractivity contribution in [3.05, 3.63) is 5.28 Å². The molecule has 2 spiro atoms. The second-order valence-corrected chi connectivity index (χ2v) is 18.5. The zero-order valence-corrected chi connectivity index (χ0v) is 32.4. The molecule has 7 aliphatic rings. The van der Waals surface area contributed by atoms with Crippen LogP contribution in [0.3, 0.4) is 0 Å². The van der Waals surface area contributed by atoms with Crippen LogP contribution in [0, 0.1) is 0 Å². The predicted molar refractivity (Wildman–Crippen MR) is 198 cm³/mol. The highest BCUT2D eigenvalue weighted by Gasteiger charge is 2.70. The lowest BCUT2D eigenvalue weighted by Gasteiger charge is -2.72. The number of anilines is 2. The molecule has 10 heteroatoms. The van der Waals surface area contributed by atoms with Gasteiger partial charge in [0, 0.05) is 36.3 Å². The van der Waals surface area contributed by atoms with E-state index in [4.69, 9.17) is 36.2 Å². The van der Waals surface area contributed by atoms with E-state index in [0.717, 1.165) is 89.2 Å². The predicted octanol–water partition coefficient (Wildman–Crippen LogP) is 9.04. The number of nitrogens with zero attached hydrogens (tertiary/aromatic N) is 7. The Labute approximate surface area is 302 Å². The third-order valence-corrected chi connectivity index (χ3v) is 13.2. The fourth-order valence-electron chi connectivity index (χ4n) is 11.3. The summed E-state index contributed by atoms with van der Waals surface area (Å²) in [6.07, 6.45) is 23.7. The molecule has 2 unspecified atom stereocenters. The summed E-state index contributed by atoms with van der Waals surface area (Å²) in [6, 6.07) is 0.556. The number of hydrogen-bond donors (Lipinski definition) is 0. The summed E-state index contributed by atoms with van der Waals surface area (Å²) in [5, 5.41) is 5.44.